The summed E-state index contributed by atoms with van der Waals surface area (Å²) in [5.74, 6) is 2.40. The lowest BCUT2D eigenvalue weighted by molar-refractivity contribution is -0.154. The molecule has 1 spiro atoms. The fourth-order valence-electron chi connectivity index (χ4n) is 10.5. The zero-order valence-corrected chi connectivity index (χ0v) is 21.0. The van der Waals surface area contributed by atoms with Gasteiger partial charge in [0.2, 0.25) is 0 Å². The molecule has 0 bridgehead atoms. The molecular formula is C28H40O6. The second-order valence-corrected chi connectivity index (χ2v) is 13.4. The van der Waals surface area contributed by atoms with Gasteiger partial charge in [0.25, 0.3) is 0 Å². The van der Waals surface area contributed by atoms with E-state index >= 15 is 0 Å². The van der Waals surface area contributed by atoms with Crippen molar-refractivity contribution in [1.82, 2.24) is 0 Å². The molecule has 0 aromatic rings. The van der Waals surface area contributed by atoms with E-state index < -0.39 is 6.10 Å². The highest BCUT2D eigenvalue weighted by Crippen LogP contribution is 2.75. The summed E-state index contributed by atoms with van der Waals surface area (Å²) in [7, 11) is 0. The highest BCUT2D eigenvalue weighted by molar-refractivity contribution is 5.90. The maximum atomic E-state index is 12.5. The number of carbonyl (C=O) groups is 1. The predicted molar refractivity (Wildman–Crippen MR) is 124 cm³/mol. The molecule has 0 aromatic carbocycles. The molecule has 4 aliphatic carbocycles. The number of ether oxygens (including phenoxy) is 3. The monoisotopic (exact) mass is 472 g/mol. The first-order valence-corrected chi connectivity index (χ1v) is 13.7. The van der Waals surface area contributed by atoms with Gasteiger partial charge in [0.15, 0.2) is 0 Å². The van der Waals surface area contributed by atoms with Crippen molar-refractivity contribution in [1.29, 1.82) is 0 Å². The van der Waals surface area contributed by atoms with Gasteiger partial charge in [0.05, 0.1) is 24.4 Å². The Kier molecular flexibility index (Phi) is 4.50. The van der Waals surface area contributed by atoms with E-state index in [2.05, 4.69) is 20.8 Å². The lowest BCUT2D eigenvalue weighted by Crippen LogP contribution is -2.63. The minimum absolute atomic E-state index is 0.00208. The van der Waals surface area contributed by atoms with E-state index in [1.54, 1.807) is 0 Å². The Morgan fingerprint density at radius 2 is 1.97 bits per heavy atom. The topological polar surface area (TPSA) is 91.8 Å². The Bertz CT molecular complexity index is 961. The van der Waals surface area contributed by atoms with Gasteiger partial charge in [0, 0.05) is 11.8 Å². The summed E-state index contributed by atoms with van der Waals surface area (Å²) < 4.78 is 18.2. The second kappa shape index (κ2) is 6.87. The van der Waals surface area contributed by atoms with Gasteiger partial charge >= 0.3 is 5.97 Å². The fourth-order valence-corrected chi connectivity index (χ4v) is 10.5. The third-order valence-corrected chi connectivity index (χ3v) is 12.4. The molecule has 0 amide bonds. The molecule has 6 nitrogen and oxygen atoms in total. The summed E-state index contributed by atoms with van der Waals surface area (Å²) in [5.41, 5.74) is 1.32. The Morgan fingerprint density at radius 1 is 1.18 bits per heavy atom. The lowest BCUT2D eigenvalue weighted by Gasteiger charge is -2.59. The van der Waals surface area contributed by atoms with Gasteiger partial charge in [-0.3, -0.25) is 0 Å². The number of esters is 1. The average Bonchev–Trinajstić information content (AvgIpc) is 3.68. The van der Waals surface area contributed by atoms with Crippen LogP contribution in [0.1, 0.15) is 72.6 Å². The van der Waals surface area contributed by atoms with E-state index in [9.17, 15) is 15.0 Å². The van der Waals surface area contributed by atoms with E-state index in [1.807, 2.05) is 6.92 Å². The highest BCUT2D eigenvalue weighted by Gasteiger charge is 2.83. The fraction of sp³-hybridized carbons (Fsp3) is 0.893. The summed E-state index contributed by atoms with van der Waals surface area (Å²) in [5, 5.41) is 20.7. The smallest absolute Gasteiger partial charge is 0.336 e. The number of fused-ring (bicyclic) bond motifs is 5. The molecule has 34 heavy (non-hydrogen) atoms. The first kappa shape index (κ1) is 22.3. The van der Waals surface area contributed by atoms with Crippen molar-refractivity contribution in [3.63, 3.8) is 0 Å². The van der Waals surface area contributed by atoms with Crippen LogP contribution in [-0.4, -0.2) is 58.9 Å². The van der Waals surface area contributed by atoms with Crippen LogP contribution in [-0.2, 0) is 19.0 Å². The number of aliphatic hydroxyl groups excluding tert-OH is 2. The van der Waals surface area contributed by atoms with E-state index in [-0.39, 0.29) is 53.4 Å². The molecule has 2 saturated heterocycles. The first-order chi connectivity index (χ1) is 16.2. The zero-order chi connectivity index (χ0) is 23.8. The van der Waals surface area contributed by atoms with Crippen molar-refractivity contribution in [2.75, 3.05) is 6.61 Å². The van der Waals surface area contributed by atoms with Crippen molar-refractivity contribution < 1.29 is 29.2 Å². The van der Waals surface area contributed by atoms with Crippen LogP contribution in [0.25, 0.3) is 0 Å². The number of cyclic esters (lactones) is 1. The van der Waals surface area contributed by atoms with Gasteiger partial charge in [-0.15, -0.1) is 0 Å². The number of carbonyl (C=O) groups excluding carboxylic acids is 1. The van der Waals surface area contributed by atoms with E-state index in [4.69, 9.17) is 14.2 Å². The van der Waals surface area contributed by atoms with Gasteiger partial charge in [0.1, 0.15) is 23.9 Å². The van der Waals surface area contributed by atoms with Crippen LogP contribution >= 0.6 is 0 Å². The van der Waals surface area contributed by atoms with Gasteiger partial charge in [-0.1, -0.05) is 26.3 Å². The summed E-state index contributed by atoms with van der Waals surface area (Å²) in [4.78, 5) is 12.5. The Balaban J connectivity index is 1.14. The number of aliphatic hydroxyl groups is 2. The third kappa shape index (κ3) is 2.54. The minimum atomic E-state index is -0.465. The molecule has 3 heterocycles. The molecule has 4 saturated carbocycles. The van der Waals surface area contributed by atoms with Crippen LogP contribution in [0.3, 0.4) is 0 Å². The minimum Gasteiger partial charge on any atom is -0.458 e. The largest absolute Gasteiger partial charge is 0.458 e. The van der Waals surface area contributed by atoms with Crippen molar-refractivity contribution in [2.45, 2.75) is 109 Å². The quantitative estimate of drug-likeness (QED) is 0.483. The number of epoxide rings is 2. The van der Waals surface area contributed by atoms with Gasteiger partial charge < -0.3 is 24.4 Å². The molecule has 7 aliphatic rings. The van der Waals surface area contributed by atoms with Crippen LogP contribution in [0, 0.1) is 40.4 Å². The SMILES string of the molecule is CC1=C(CO)C(=O)O[C@@H]([C@@H](C)[C@H]2CC[C@H]3[C@@H]4C[C@H]5O[C@]56[C@@H](O)[C@H]5O[C@H]5C[C@]6(C)[C@H]4CC[C@]23C)C1. The van der Waals surface area contributed by atoms with E-state index in [0.717, 1.165) is 24.8 Å². The zero-order valence-electron chi connectivity index (χ0n) is 21.0. The van der Waals surface area contributed by atoms with Gasteiger partial charge in [-0.25, -0.2) is 4.79 Å². The van der Waals surface area contributed by atoms with Crippen LogP contribution in [0.15, 0.2) is 11.1 Å². The van der Waals surface area contributed by atoms with Gasteiger partial charge in [-0.05, 0) is 80.5 Å². The van der Waals surface area contributed by atoms with Crippen molar-refractivity contribution in [3.8, 4) is 0 Å². The highest BCUT2D eigenvalue weighted by atomic mass is 16.7. The Hall–Kier alpha value is -0.950. The molecule has 2 N–H and O–H groups in total. The van der Waals surface area contributed by atoms with Crippen molar-refractivity contribution >= 4 is 5.97 Å². The standard InChI is InChI=1S/C28H40O6/c1-13-9-20(33-25(31)16(13)12-29)14(2)17-5-6-18-15-10-22-28(34-22)24(30)23-21(32-23)11-27(28,4)19(15)7-8-26(17,18)3/h14-15,17-24,29-30H,5-12H2,1-4H3/t14-,15-,17+,18-,19-,20+,21-,22+,23-,24-,26+,27+,28-/m0/s1. The van der Waals surface area contributed by atoms with Crippen molar-refractivity contribution in [2.24, 2.45) is 40.4 Å². The maximum absolute atomic E-state index is 12.5. The number of hydrogen-bond acceptors (Lipinski definition) is 6. The third-order valence-electron chi connectivity index (χ3n) is 12.4. The lowest BCUT2D eigenvalue weighted by atomic mass is 9.44. The summed E-state index contributed by atoms with van der Waals surface area (Å²) in [6.45, 7) is 8.94. The second-order valence-electron chi connectivity index (χ2n) is 13.4. The molecule has 7 rings (SSSR count). The van der Waals surface area contributed by atoms with E-state index in [1.165, 1.54) is 25.7 Å². The molecule has 3 aliphatic heterocycles. The summed E-state index contributed by atoms with van der Waals surface area (Å²) in [6, 6.07) is 0. The molecule has 6 fully saturated rings. The van der Waals surface area contributed by atoms with Crippen LogP contribution < -0.4 is 0 Å². The molecule has 0 radical (unpaired) electrons. The normalized spacial score (nSPS) is 58.1. The van der Waals surface area contributed by atoms with Gasteiger partial charge in [-0.2, -0.15) is 0 Å². The average molecular weight is 473 g/mol. The predicted octanol–water partition coefficient (Wildman–Crippen LogP) is 3.39. The molecule has 0 aromatic heterocycles. The first-order valence-electron chi connectivity index (χ1n) is 13.7. The van der Waals surface area contributed by atoms with Crippen LogP contribution in [0.5, 0.6) is 0 Å². The molecular weight excluding hydrogens is 432 g/mol. The Morgan fingerprint density at radius 3 is 2.71 bits per heavy atom. The summed E-state index contributed by atoms with van der Waals surface area (Å²) in [6.07, 6.45) is 7.53. The Labute approximate surface area is 202 Å². The van der Waals surface area contributed by atoms with Crippen LogP contribution in [0.2, 0.25) is 0 Å². The molecule has 188 valence electrons. The number of rotatable bonds is 3. The number of hydrogen-bond donors (Lipinski definition) is 2. The van der Waals surface area contributed by atoms with E-state index in [0.29, 0.717) is 35.2 Å². The maximum Gasteiger partial charge on any atom is 0.336 e. The molecule has 13 atom stereocenters. The van der Waals surface area contributed by atoms with Crippen molar-refractivity contribution in [3.05, 3.63) is 11.1 Å². The molecule has 0 unspecified atom stereocenters. The molecule has 6 heteroatoms. The summed E-state index contributed by atoms with van der Waals surface area (Å²) >= 11 is 0. The van der Waals surface area contributed by atoms with Crippen LogP contribution in [0.4, 0.5) is 0 Å².